The molecule has 0 bridgehead atoms. The molecule has 0 aromatic heterocycles. The molecule has 0 atom stereocenters. The first-order valence-corrected chi connectivity index (χ1v) is 8.60. The van der Waals surface area contributed by atoms with E-state index in [9.17, 15) is 0 Å². The smallest absolute Gasteiger partial charge is 0.188 e. The average Bonchev–Trinajstić information content (AvgIpc) is 2.65. The normalized spacial score (nSPS) is 9.56. The van der Waals surface area contributed by atoms with Gasteiger partial charge in [-0.3, -0.25) is 5.41 Å². The quantitative estimate of drug-likeness (QED) is 0.433. The number of nitrogens with one attached hydrogen (secondary N) is 1. The van der Waals surface area contributed by atoms with Crippen molar-refractivity contribution in [1.82, 2.24) is 4.90 Å². The molecule has 0 radical (unpaired) electrons. The number of guanidine groups is 1. The van der Waals surface area contributed by atoms with Crippen molar-refractivity contribution in [3.63, 3.8) is 0 Å². The van der Waals surface area contributed by atoms with Gasteiger partial charge in [-0.1, -0.05) is 50.2 Å². The van der Waals surface area contributed by atoms with Gasteiger partial charge in [0.15, 0.2) is 5.96 Å². The molecule has 0 saturated heterocycles. The molecule has 0 spiro atoms. The number of ether oxygens (including phenoxy) is 2. The molecule has 3 N–H and O–H groups in total. The SMILES string of the molecule is CC.CN(Cc1ccccc1OCCCOc1ccccc1)C(=N)N. The molecule has 0 aliphatic heterocycles. The standard InChI is InChI=1S/C18H23N3O2.C2H6/c1-21(18(19)20)14-15-8-5-6-11-17(15)23-13-7-12-22-16-9-3-2-4-10-16;1-2/h2-6,8-11H,7,12-14H2,1H3,(H3,19,20);1-2H3. The van der Waals surface area contributed by atoms with Crippen LogP contribution < -0.4 is 15.2 Å². The lowest BCUT2D eigenvalue weighted by atomic mass is 10.2. The lowest BCUT2D eigenvalue weighted by Gasteiger charge is -2.19. The maximum atomic E-state index is 7.44. The van der Waals surface area contributed by atoms with Crippen molar-refractivity contribution in [3.05, 3.63) is 60.2 Å². The number of rotatable bonds is 8. The summed E-state index contributed by atoms with van der Waals surface area (Å²) in [7, 11) is 1.78. The van der Waals surface area contributed by atoms with Crippen molar-refractivity contribution in [2.45, 2.75) is 26.8 Å². The fourth-order valence-electron chi connectivity index (χ4n) is 2.06. The van der Waals surface area contributed by atoms with Gasteiger partial charge >= 0.3 is 0 Å². The summed E-state index contributed by atoms with van der Waals surface area (Å²) >= 11 is 0. The summed E-state index contributed by atoms with van der Waals surface area (Å²) in [6, 6.07) is 17.5. The zero-order valence-corrected chi connectivity index (χ0v) is 15.4. The summed E-state index contributed by atoms with van der Waals surface area (Å²) in [5.74, 6) is 1.73. The van der Waals surface area contributed by atoms with Gasteiger partial charge in [-0.05, 0) is 18.2 Å². The van der Waals surface area contributed by atoms with Crippen molar-refractivity contribution in [2.75, 3.05) is 20.3 Å². The van der Waals surface area contributed by atoms with Crippen molar-refractivity contribution in [1.29, 1.82) is 5.41 Å². The second kappa shape index (κ2) is 11.8. The van der Waals surface area contributed by atoms with E-state index in [1.807, 2.05) is 68.4 Å². The van der Waals surface area contributed by atoms with E-state index < -0.39 is 0 Å². The van der Waals surface area contributed by atoms with E-state index in [1.165, 1.54) is 0 Å². The second-order valence-corrected chi connectivity index (χ2v) is 5.21. The molecule has 0 heterocycles. The van der Waals surface area contributed by atoms with Crippen LogP contribution in [0.1, 0.15) is 25.8 Å². The van der Waals surface area contributed by atoms with Gasteiger partial charge in [-0.25, -0.2) is 0 Å². The van der Waals surface area contributed by atoms with Crippen LogP contribution in [-0.4, -0.2) is 31.1 Å². The maximum absolute atomic E-state index is 7.44. The third kappa shape index (κ3) is 7.61. The molecule has 0 unspecified atom stereocenters. The Morgan fingerprint density at radius 1 is 0.960 bits per heavy atom. The minimum Gasteiger partial charge on any atom is -0.493 e. The first kappa shape index (κ1) is 20.4. The van der Waals surface area contributed by atoms with Crippen LogP contribution in [0.15, 0.2) is 54.6 Å². The van der Waals surface area contributed by atoms with E-state index in [0.29, 0.717) is 19.8 Å². The van der Waals surface area contributed by atoms with E-state index in [2.05, 4.69) is 0 Å². The highest BCUT2D eigenvalue weighted by molar-refractivity contribution is 5.74. The van der Waals surface area contributed by atoms with E-state index in [0.717, 1.165) is 23.5 Å². The number of hydrogen-bond donors (Lipinski definition) is 2. The summed E-state index contributed by atoms with van der Waals surface area (Å²) in [6.45, 7) is 5.74. The second-order valence-electron chi connectivity index (χ2n) is 5.21. The zero-order valence-electron chi connectivity index (χ0n) is 15.4. The molecule has 136 valence electrons. The third-order valence-electron chi connectivity index (χ3n) is 3.35. The molecule has 0 aliphatic rings. The van der Waals surface area contributed by atoms with E-state index in [-0.39, 0.29) is 5.96 Å². The van der Waals surface area contributed by atoms with Gasteiger partial charge in [0.1, 0.15) is 11.5 Å². The van der Waals surface area contributed by atoms with Crippen molar-refractivity contribution >= 4 is 5.96 Å². The van der Waals surface area contributed by atoms with Crippen molar-refractivity contribution < 1.29 is 9.47 Å². The number of nitrogens with zero attached hydrogens (tertiary/aromatic N) is 1. The van der Waals surface area contributed by atoms with Gasteiger partial charge in [-0.2, -0.15) is 0 Å². The highest BCUT2D eigenvalue weighted by Gasteiger charge is 2.07. The largest absolute Gasteiger partial charge is 0.493 e. The number of hydrogen-bond acceptors (Lipinski definition) is 3. The van der Waals surface area contributed by atoms with Gasteiger partial charge in [0.2, 0.25) is 0 Å². The minimum absolute atomic E-state index is 0.0380. The van der Waals surface area contributed by atoms with Crippen LogP contribution in [0, 0.1) is 5.41 Å². The Morgan fingerprint density at radius 3 is 2.24 bits per heavy atom. The van der Waals surface area contributed by atoms with E-state index >= 15 is 0 Å². The van der Waals surface area contributed by atoms with Crippen LogP contribution in [0.2, 0.25) is 0 Å². The van der Waals surface area contributed by atoms with Crippen LogP contribution in [0.5, 0.6) is 11.5 Å². The Labute approximate surface area is 150 Å². The number of benzene rings is 2. The molecule has 2 aromatic carbocycles. The van der Waals surface area contributed by atoms with Crippen LogP contribution in [0.4, 0.5) is 0 Å². The first-order chi connectivity index (χ1) is 12.2. The highest BCUT2D eigenvalue weighted by atomic mass is 16.5. The van der Waals surface area contributed by atoms with Crippen LogP contribution in [0.3, 0.4) is 0 Å². The minimum atomic E-state index is 0.0380. The van der Waals surface area contributed by atoms with Gasteiger partial charge in [0, 0.05) is 25.6 Å². The first-order valence-electron chi connectivity index (χ1n) is 8.60. The maximum Gasteiger partial charge on any atom is 0.188 e. The molecule has 0 amide bonds. The van der Waals surface area contributed by atoms with Gasteiger partial charge in [0.05, 0.1) is 13.2 Å². The third-order valence-corrected chi connectivity index (χ3v) is 3.35. The highest BCUT2D eigenvalue weighted by Crippen LogP contribution is 2.19. The summed E-state index contributed by atoms with van der Waals surface area (Å²) in [5, 5.41) is 7.44. The van der Waals surface area contributed by atoms with Gasteiger partial charge < -0.3 is 20.1 Å². The Kier molecular flexibility index (Phi) is 9.60. The zero-order chi connectivity index (χ0) is 18.5. The predicted molar refractivity (Wildman–Crippen MR) is 103 cm³/mol. The summed E-state index contributed by atoms with van der Waals surface area (Å²) < 4.78 is 11.5. The van der Waals surface area contributed by atoms with Crippen LogP contribution in [-0.2, 0) is 6.54 Å². The molecule has 5 nitrogen and oxygen atoms in total. The fraction of sp³-hybridized carbons (Fsp3) is 0.350. The van der Waals surface area contributed by atoms with E-state index in [4.69, 9.17) is 20.6 Å². The topological polar surface area (TPSA) is 71.6 Å². The molecule has 0 fully saturated rings. The van der Waals surface area contributed by atoms with Crippen LogP contribution >= 0.6 is 0 Å². The molecular weight excluding hydrogens is 314 g/mol. The summed E-state index contributed by atoms with van der Waals surface area (Å²) in [4.78, 5) is 1.67. The molecule has 25 heavy (non-hydrogen) atoms. The molecule has 5 heteroatoms. The summed E-state index contributed by atoms with van der Waals surface area (Å²) in [6.07, 6.45) is 0.797. The lowest BCUT2D eigenvalue weighted by Crippen LogP contribution is -2.32. The number of nitrogens with two attached hydrogens (primary N) is 1. The monoisotopic (exact) mass is 343 g/mol. The Morgan fingerprint density at radius 2 is 1.56 bits per heavy atom. The van der Waals surface area contributed by atoms with Crippen LogP contribution in [0.25, 0.3) is 0 Å². The Bertz CT molecular complexity index is 617. The van der Waals surface area contributed by atoms with Gasteiger partial charge in [0.25, 0.3) is 0 Å². The molecule has 0 saturated carbocycles. The molecule has 2 aromatic rings. The van der Waals surface area contributed by atoms with Crippen molar-refractivity contribution in [3.8, 4) is 11.5 Å². The van der Waals surface area contributed by atoms with Gasteiger partial charge in [-0.15, -0.1) is 0 Å². The fourth-order valence-corrected chi connectivity index (χ4v) is 2.06. The Hall–Kier alpha value is -2.69. The van der Waals surface area contributed by atoms with E-state index in [1.54, 1.807) is 11.9 Å². The molecular formula is C20H29N3O2. The molecule has 0 aliphatic carbocycles. The van der Waals surface area contributed by atoms with Crippen molar-refractivity contribution in [2.24, 2.45) is 5.73 Å². The lowest BCUT2D eigenvalue weighted by molar-refractivity contribution is 0.245. The molecule has 2 rings (SSSR count). The number of para-hydroxylation sites is 2. The predicted octanol–water partition coefficient (Wildman–Crippen LogP) is 3.89. The average molecular weight is 343 g/mol. The summed E-state index contributed by atoms with van der Waals surface area (Å²) in [5.41, 5.74) is 6.49. The Balaban J connectivity index is 0.00000151.